The van der Waals surface area contributed by atoms with Gasteiger partial charge in [-0.05, 0) is 49.7 Å². The maximum Gasteiger partial charge on any atom is 0.151 e. The number of aldehydes is 1. The van der Waals surface area contributed by atoms with Gasteiger partial charge in [-0.15, -0.1) is 0 Å². The number of anilines is 1. The lowest BCUT2D eigenvalue weighted by atomic mass is 10.2. The van der Waals surface area contributed by atoms with Gasteiger partial charge >= 0.3 is 0 Å². The Kier molecular flexibility index (Phi) is 2.83. The number of rotatable bonds is 6. The van der Waals surface area contributed by atoms with Gasteiger partial charge in [0, 0.05) is 24.8 Å². The predicted molar refractivity (Wildman–Crippen MR) is 67.3 cm³/mol. The standard InChI is InChI=1S/C14H18N2O/c17-10-13-5-6-14(15-7-13)16(8-11-1-2-11)9-12-3-4-12/h5-7,10-12H,1-4,8-9H2. The van der Waals surface area contributed by atoms with Crippen LogP contribution in [0.5, 0.6) is 0 Å². The molecule has 2 aliphatic carbocycles. The van der Waals surface area contributed by atoms with E-state index < -0.39 is 0 Å². The van der Waals surface area contributed by atoms with Gasteiger partial charge in [0.1, 0.15) is 5.82 Å². The fourth-order valence-corrected chi connectivity index (χ4v) is 2.14. The van der Waals surface area contributed by atoms with Crippen LogP contribution in [0.25, 0.3) is 0 Å². The SMILES string of the molecule is O=Cc1ccc(N(CC2CC2)CC2CC2)nc1. The number of carbonyl (C=O) groups excluding carboxylic acids is 1. The second kappa shape index (κ2) is 4.47. The lowest BCUT2D eigenvalue weighted by Crippen LogP contribution is -2.28. The Morgan fingerprint density at radius 3 is 2.24 bits per heavy atom. The first-order valence-corrected chi connectivity index (χ1v) is 6.51. The van der Waals surface area contributed by atoms with Crippen molar-refractivity contribution in [1.82, 2.24) is 4.98 Å². The summed E-state index contributed by atoms with van der Waals surface area (Å²) in [5, 5.41) is 0. The first kappa shape index (κ1) is 10.8. The minimum atomic E-state index is 0.659. The number of pyridine rings is 1. The molecule has 2 aliphatic rings. The molecule has 0 radical (unpaired) electrons. The Labute approximate surface area is 102 Å². The maximum absolute atomic E-state index is 10.6. The van der Waals surface area contributed by atoms with Gasteiger partial charge in [0.15, 0.2) is 6.29 Å². The van der Waals surface area contributed by atoms with Gasteiger partial charge < -0.3 is 4.90 Å². The van der Waals surface area contributed by atoms with Crippen molar-refractivity contribution in [2.24, 2.45) is 11.8 Å². The average molecular weight is 230 g/mol. The van der Waals surface area contributed by atoms with Crippen molar-refractivity contribution in [3.05, 3.63) is 23.9 Å². The molecule has 2 fully saturated rings. The summed E-state index contributed by atoms with van der Waals surface area (Å²) in [7, 11) is 0. The van der Waals surface area contributed by atoms with Gasteiger partial charge in [0.2, 0.25) is 0 Å². The zero-order valence-electron chi connectivity index (χ0n) is 10.0. The monoisotopic (exact) mass is 230 g/mol. The third-order valence-electron chi connectivity index (χ3n) is 3.58. The fourth-order valence-electron chi connectivity index (χ4n) is 2.14. The number of aromatic nitrogens is 1. The Bertz CT molecular complexity index is 379. The molecule has 0 aromatic carbocycles. The lowest BCUT2D eigenvalue weighted by molar-refractivity contribution is 0.112. The number of nitrogens with zero attached hydrogens (tertiary/aromatic N) is 2. The number of carbonyl (C=O) groups is 1. The van der Waals surface area contributed by atoms with Crippen LogP contribution in [0.2, 0.25) is 0 Å². The van der Waals surface area contributed by atoms with Crippen LogP contribution in [-0.2, 0) is 0 Å². The van der Waals surface area contributed by atoms with E-state index in [4.69, 9.17) is 0 Å². The molecule has 3 heteroatoms. The van der Waals surface area contributed by atoms with Crippen LogP contribution >= 0.6 is 0 Å². The molecule has 0 spiro atoms. The Hall–Kier alpha value is -1.38. The Balaban J connectivity index is 1.71. The van der Waals surface area contributed by atoms with Crippen molar-refractivity contribution < 1.29 is 4.79 Å². The molecule has 17 heavy (non-hydrogen) atoms. The van der Waals surface area contributed by atoms with Gasteiger partial charge in [-0.3, -0.25) is 4.79 Å². The molecule has 90 valence electrons. The van der Waals surface area contributed by atoms with E-state index >= 15 is 0 Å². The largest absolute Gasteiger partial charge is 0.356 e. The van der Waals surface area contributed by atoms with E-state index in [0.717, 1.165) is 37.0 Å². The van der Waals surface area contributed by atoms with Crippen LogP contribution < -0.4 is 4.90 Å². The van der Waals surface area contributed by atoms with E-state index in [0.29, 0.717) is 5.56 Å². The molecule has 0 aliphatic heterocycles. The summed E-state index contributed by atoms with van der Waals surface area (Å²) in [6.07, 6.45) is 8.00. The molecular weight excluding hydrogens is 212 g/mol. The molecule has 3 rings (SSSR count). The highest BCUT2D eigenvalue weighted by Gasteiger charge is 2.29. The summed E-state index contributed by atoms with van der Waals surface area (Å²) in [5.74, 6) is 2.79. The van der Waals surface area contributed by atoms with E-state index in [1.165, 1.54) is 25.7 Å². The van der Waals surface area contributed by atoms with Gasteiger partial charge in [-0.2, -0.15) is 0 Å². The molecular formula is C14H18N2O. The second-order valence-corrected chi connectivity index (χ2v) is 5.36. The lowest BCUT2D eigenvalue weighted by Gasteiger charge is -2.23. The minimum Gasteiger partial charge on any atom is -0.356 e. The molecule has 0 saturated heterocycles. The van der Waals surface area contributed by atoms with E-state index in [1.54, 1.807) is 6.20 Å². The molecule has 0 amide bonds. The summed E-state index contributed by atoms with van der Waals surface area (Å²) in [4.78, 5) is 17.4. The van der Waals surface area contributed by atoms with Crippen LogP contribution in [0.15, 0.2) is 18.3 Å². The molecule has 0 N–H and O–H groups in total. The fraction of sp³-hybridized carbons (Fsp3) is 0.571. The summed E-state index contributed by atoms with van der Waals surface area (Å²) in [6, 6.07) is 3.84. The smallest absolute Gasteiger partial charge is 0.151 e. The Morgan fingerprint density at radius 2 is 1.82 bits per heavy atom. The minimum absolute atomic E-state index is 0.659. The van der Waals surface area contributed by atoms with Crippen molar-refractivity contribution >= 4 is 12.1 Å². The van der Waals surface area contributed by atoms with E-state index in [-0.39, 0.29) is 0 Å². The Morgan fingerprint density at radius 1 is 1.18 bits per heavy atom. The maximum atomic E-state index is 10.6. The third-order valence-corrected chi connectivity index (χ3v) is 3.58. The second-order valence-electron chi connectivity index (χ2n) is 5.36. The highest BCUT2D eigenvalue weighted by atomic mass is 16.1. The van der Waals surface area contributed by atoms with Gasteiger partial charge in [0.05, 0.1) is 0 Å². The van der Waals surface area contributed by atoms with Crippen molar-refractivity contribution in [1.29, 1.82) is 0 Å². The summed E-state index contributed by atoms with van der Waals surface area (Å²) >= 11 is 0. The molecule has 0 bridgehead atoms. The average Bonchev–Trinajstić information content (AvgIpc) is 3.23. The summed E-state index contributed by atoms with van der Waals surface area (Å²) in [5.41, 5.74) is 0.659. The van der Waals surface area contributed by atoms with E-state index in [9.17, 15) is 4.79 Å². The van der Waals surface area contributed by atoms with Crippen molar-refractivity contribution in [2.45, 2.75) is 25.7 Å². The first-order valence-electron chi connectivity index (χ1n) is 6.51. The third kappa shape index (κ3) is 2.84. The highest BCUT2D eigenvalue weighted by Crippen LogP contribution is 2.35. The normalized spacial score (nSPS) is 19.1. The van der Waals surface area contributed by atoms with Crippen molar-refractivity contribution in [3.8, 4) is 0 Å². The van der Waals surface area contributed by atoms with Gasteiger partial charge in [-0.1, -0.05) is 0 Å². The molecule has 1 aromatic heterocycles. The molecule has 3 nitrogen and oxygen atoms in total. The van der Waals surface area contributed by atoms with Crippen LogP contribution in [0, 0.1) is 11.8 Å². The quantitative estimate of drug-likeness (QED) is 0.704. The predicted octanol–water partition coefficient (Wildman–Crippen LogP) is 2.52. The number of hydrogen-bond acceptors (Lipinski definition) is 3. The topological polar surface area (TPSA) is 33.2 Å². The van der Waals surface area contributed by atoms with Gasteiger partial charge in [0.25, 0.3) is 0 Å². The van der Waals surface area contributed by atoms with Crippen LogP contribution in [0.3, 0.4) is 0 Å². The zero-order valence-corrected chi connectivity index (χ0v) is 10.0. The molecule has 2 saturated carbocycles. The summed E-state index contributed by atoms with van der Waals surface area (Å²) in [6.45, 7) is 2.29. The molecule has 0 atom stereocenters. The van der Waals surface area contributed by atoms with Crippen LogP contribution in [-0.4, -0.2) is 24.4 Å². The van der Waals surface area contributed by atoms with Crippen LogP contribution in [0.1, 0.15) is 36.0 Å². The molecule has 1 heterocycles. The van der Waals surface area contributed by atoms with Crippen molar-refractivity contribution in [3.63, 3.8) is 0 Å². The van der Waals surface area contributed by atoms with E-state index in [1.807, 2.05) is 12.1 Å². The molecule has 1 aromatic rings. The first-order chi connectivity index (χ1) is 8.35. The van der Waals surface area contributed by atoms with Crippen LogP contribution in [0.4, 0.5) is 5.82 Å². The molecule has 0 unspecified atom stereocenters. The van der Waals surface area contributed by atoms with Gasteiger partial charge in [-0.25, -0.2) is 4.98 Å². The highest BCUT2D eigenvalue weighted by molar-refractivity contribution is 5.74. The zero-order chi connectivity index (χ0) is 11.7. The van der Waals surface area contributed by atoms with E-state index in [2.05, 4.69) is 9.88 Å². The number of hydrogen-bond donors (Lipinski definition) is 0. The summed E-state index contributed by atoms with van der Waals surface area (Å²) < 4.78 is 0. The van der Waals surface area contributed by atoms with Crippen molar-refractivity contribution in [2.75, 3.05) is 18.0 Å².